The van der Waals surface area contributed by atoms with E-state index in [4.69, 9.17) is 4.74 Å². The van der Waals surface area contributed by atoms with Gasteiger partial charge >= 0.3 is 5.82 Å². The van der Waals surface area contributed by atoms with Gasteiger partial charge in [0.05, 0.1) is 13.2 Å². The van der Waals surface area contributed by atoms with Gasteiger partial charge < -0.3 is 19.8 Å². The number of rotatable bonds is 3. The van der Waals surface area contributed by atoms with Gasteiger partial charge in [0.1, 0.15) is 11.9 Å². The third kappa shape index (κ3) is 2.64. The molecule has 0 N–H and O–H groups in total. The molecular formula is C14H15FN4O3. The fraction of sp³-hybridized carbons (Fsp3) is 0.357. The maximum absolute atomic E-state index is 13.0. The van der Waals surface area contributed by atoms with Gasteiger partial charge in [-0.15, -0.1) is 0 Å². The summed E-state index contributed by atoms with van der Waals surface area (Å²) < 4.78 is 20.3. The van der Waals surface area contributed by atoms with Crippen LogP contribution in [0.2, 0.25) is 0 Å². The average molecular weight is 306 g/mol. The molecule has 22 heavy (non-hydrogen) atoms. The first-order valence-corrected chi connectivity index (χ1v) is 6.84. The van der Waals surface area contributed by atoms with Gasteiger partial charge in [0.2, 0.25) is 12.1 Å². The molecule has 0 bridgehead atoms. The number of hydrogen-bond acceptors (Lipinski definition) is 5. The molecule has 0 aliphatic carbocycles. The van der Waals surface area contributed by atoms with Crippen LogP contribution in [-0.2, 0) is 11.8 Å². The molecule has 2 aromatic rings. The summed E-state index contributed by atoms with van der Waals surface area (Å²) in [7, 11) is 1.72. The van der Waals surface area contributed by atoms with Crippen LogP contribution < -0.4 is 4.90 Å². The molecule has 0 amide bonds. The van der Waals surface area contributed by atoms with E-state index in [0.717, 1.165) is 5.56 Å². The number of aromatic nitrogens is 2. The van der Waals surface area contributed by atoms with Crippen molar-refractivity contribution in [2.45, 2.75) is 6.10 Å². The summed E-state index contributed by atoms with van der Waals surface area (Å²) in [5.41, 5.74) is 0.843. The normalized spacial score (nSPS) is 18.5. The largest absolute Gasteiger partial charge is 0.406 e. The summed E-state index contributed by atoms with van der Waals surface area (Å²) in [5.74, 6) is -0.0126. The molecule has 0 radical (unpaired) electrons. The summed E-state index contributed by atoms with van der Waals surface area (Å²) in [5, 5.41) is 11.1. The van der Waals surface area contributed by atoms with Crippen LogP contribution in [0.5, 0.6) is 0 Å². The van der Waals surface area contributed by atoms with Crippen molar-refractivity contribution >= 4 is 11.6 Å². The van der Waals surface area contributed by atoms with Gasteiger partial charge in [-0.2, -0.15) is 0 Å². The summed E-state index contributed by atoms with van der Waals surface area (Å²) in [6.07, 6.45) is 1.17. The first-order valence-electron chi connectivity index (χ1n) is 6.84. The molecule has 0 spiro atoms. The lowest BCUT2D eigenvalue weighted by molar-refractivity contribution is -0.388. The van der Waals surface area contributed by atoms with Crippen LogP contribution in [-0.4, -0.2) is 34.2 Å². The Morgan fingerprint density at radius 3 is 2.82 bits per heavy atom. The summed E-state index contributed by atoms with van der Waals surface area (Å²) in [6.45, 7) is 1.43. The predicted octanol–water partition coefficient (Wildman–Crippen LogP) is 2.05. The molecule has 7 nitrogen and oxygen atoms in total. The number of benzene rings is 1. The number of nitro groups is 1. The monoisotopic (exact) mass is 306 g/mol. The molecule has 1 atom stereocenters. The van der Waals surface area contributed by atoms with Crippen LogP contribution in [0, 0.1) is 15.9 Å². The van der Waals surface area contributed by atoms with Crippen molar-refractivity contribution in [1.29, 1.82) is 0 Å². The number of anilines is 1. The zero-order chi connectivity index (χ0) is 15.7. The van der Waals surface area contributed by atoms with Crippen LogP contribution in [0.4, 0.5) is 16.0 Å². The van der Waals surface area contributed by atoms with E-state index in [-0.39, 0.29) is 17.7 Å². The first-order chi connectivity index (χ1) is 10.6. The standard InChI is InChI=1S/C14H15FN4O3/c1-17-9-16-13(19(20)21)14(17)18-6-7-22-12(8-18)10-2-4-11(15)5-3-10/h2-5,9,12H,6-8H2,1H3. The number of halogens is 1. The second-order valence-electron chi connectivity index (χ2n) is 5.12. The first kappa shape index (κ1) is 14.5. The van der Waals surface area contributed by atoms with E-state index in [0.29, 0.717) is 25.5 Å². The van der Waals surface area contributed by atoms with Crippen molar-refractivity contribution in [2.75, 3.05) is 24.6 Å². The van der Waals surface area contributed by atoms with Gasteiger partial charge in [0, 0.05) is 13.6 Å². The number of ether oxygens (including phenoxy) is 1. The highest BCUT2D eigenvalue weighted by Gasteiger charge is 2.30. The van der Waals surface area contributed by atoms with Gasteiger partial charge in [-0.05, 0) is 27.6 Å². The van der Waals surface area contributed by atoms with Crippen LogP contribution in [0.25, 0.3) is 0 Å². The highest BCUT2D eigenvalue weighted by Crippen LogP contribution is 2.31. The Kier molecular flexibility index (Phi) is 3.76. The molecule has 8 heteroatoms. The predicted molar refractivity (Wildman–Crippen MR) is 77.2 cm³/mol. The molecule has 0 saturated carbocycles. The van der Waals surface area contributed by atoms with Gasteiger partial charge in [0.15, 0.2) is 0 Å². The van der Waals surface area contributed by atoms with Crippen LogP contribution >= 0.6 is 0 Å². The Morgan fingerprint density at radius 1 is 1.41 bits per heavy atom. The second kappa shape index (κ2) is 5.72. The van der Waals surface area contributed by atoms with Crippen molar-refractivity contribution in [3.05, 3.63) is 52.1 Å². The van der Waals surface area contributed by atoms with Crippen LogP contribution in [0.3, 0.4) is 0 Å². The van der Waals surface area contributed by atoms with Gasteiger partial charge in [-0.1, -0.05) is 12.1 Å². The number of nitrogens with zero attached hydrogens (tertiary/aromatic N) is 4. The summed E-state index contributed by atoms with van der Waals surface area (Å²) in [6, 6.07) is 6.09. The lowest BCUT2D eigenvalue weighted by Crippen LogP contribution is -2.39. The van der Waals surface area contributed by atoms with Crippen molar-refractivity contribution in [3.8, 4) is 0 Å². The van der Waals surface area contributed by atoms with E-state index in [1.165, 1.54) is 18.5 Å². The maximum Gasteiger partial charge on any atom is 0.406 e. The van der Waals surface area contributed by atoms with Crippen molar-refractivity contribution < 1.29 is 14.1 Å². The zero-order valence-corrected chi connectivity index (χ0v) is 12.0. The Morgan fingerprint density at radius 2 is 2.14 bits per heavy atom. The number of hydrogen-bond donors (Lipinski definition) is 0. The minimum absolute atomic E-state index is 0.165. The fourth-order valence-electron chi connectivity index (χ4n) is 2.63. The summed E-state index contributed by atoms with van der Waals surface area (Å²) in [4.78, 5) is 16.3. The minimum atomic E-state index is -0.488. The van der Waals surface area contributed by atoms with Crippen molar-refractivity contribution in [2.24, 2.45) is 7.05 Å². The molecule has 116 valence electrons. The maximum atomic E-state index is 13.0. The molecule has 2 heterocycles. The Bertz CT molecular complexity index is 686. The smallest absolute Gasteiger partial charge is 0.370 e. The van der Waals surface area contributed by atoms with Crippen molar-refractivity contribution in [3.63, 3.8) is 0 Å². The van der Waals surface area contributed by atoms with Gasteiger partial charge in [0.25, 0.3) is 0 Å². The Labute approximate surface area is 126 Å². The third-order valence-electron chi connectivity index (χ3n) is 3.67. The van der Waals surface area contributed by atoms with E-state index in [2.05, 4.69) is 4.98 Å². The third-order valence-corrected chi connectivity index (χ3v) is 3.67. The zero-order valence-electron chi connectivity index (χ0n) is 12.0. The van der Waals surface area contributed by atoms with E-state index >= 15 is 0 Å². The highest BCUT2D eigenvalue weighted by atomic mass is 19.1. The van der Waals surface area contributed by atoms with Crippen LogP contribution in [0.15, 0.2) is 30.6 Å². The Balaban J connectivity index is 1.86. The average Bonchev–Trinajstić information content (AvgIpc) is 2.90. The number of morpholine rings is 1. The molecule has 3 rings (SSSR count). The number of aryl methyl sites for hydroxylation is 1. The quantitative estimate of drug-likeness (QED) is 0.641. The molecule has 1 aromatic carbocycles. The lowest BCUT2D eigenvalue weighted by Gasteiger charge is -2.33. The van der Waals surface area contributed by atoms with Gasteiger partial charge in [-0.25, -0.2) is 4.39 Å². The molecule has 1 fully saturated rings. The topological polar surface area (TPSA) is 73.4 Å². The second-order valence-corrected chi connectivity index (χ2v) is 5.12. The lowest BCUT2D eigenvalue weighted by atomic mass is 10.1. The SMILES string of the molecule is Cn1cnc([N+](=O)[O-])c1N1CCOC(c2ccc(F)cc2)C1. The molecule has 1 saturated heterocycles. The van der Waals surface area contributed by atoms with E-state index < -0.39 is 4.92 Å². The van der Waals surface area contributed by atoms with Crippen molar-refractivity contribution in [1.82, 2.24) is 9.55 Å². The molecule has 1 aliphatic rings. The van der Waals surface area contributed by atoms with E-state index in [1.807, 2.05) is 4.90 Å². The molecule has 1 unspecified atom stereocenters. The minimum Gasteiger partial charge on any atom is -0.370 e. The highest BCUT2D eigenvalue weighted by molar-refractivity contribution is 5.55. The fourth-order valence-corrected chi connectivity index (χ4v) is 2.63. The molecule has 1 aliphatic heterocycles. The molecule has 1 aromatic heterocycles. The van der Waals surface area contributed by atoms with Crippen LogP contribution in [0.1, 0.15) is 11.7 Å². The Hall–Kier alpha value is -2.48. The molecular weight excluding hydrogens is 291 g/mol. The van der Waals surface area contributed by atoms with Gasteiger partial charge in [-0.3, -0.25) is 4.57 Å². The van der Waals surface area contributed by atoms with E-state index in [9.17, 15) is 14.5 Å². The van der Waals surface area contributed by atoms with E-state index in [1.54, 1.807) is 23.7 Å². The number of imidazole rings is 1. The summed E-state index contributed by atoms with van der Waals surface area (Å²) >= 11 is 0.